The van der Waals surface area contributed by atoms with Crippen molar-refractivity contribution in [2.75, 3.05) is 7.11 Å². The average Bonchev–Trinajstić information content (AvgIpc) is 3.07. The number of fused-ring (bicyclic) bond motifs is 1. The van der Waals surface area contributed by atoms with Gasteiger partial charge in [-0.3, -0.25) is 0 Å². The van der Waals surface area contributed by atoms with E-state index in [0.29, 0.717) is 18.3 Å². The molecule has 20 heavy (non-hydrogen) atoms. The summed E-state index contributed by atoms with van der Waals surface area (Å²) in [4.78, 5) is 4.39. The zero-order valence-electron chi connectivity index (χ0n) is 11.7. The van der Waals surface area contributed by atoms with Crippen molar-refractivity contribution >= 4 is 10.9 Å². The highest BCUT2D eigenvalue weighted by Crippen LogP contribution is 2.26. The van der Waals surface area contributed by atoms with Crippen molar-refractivity contribution in [1.29, 1.82) is 0 Å². The maximum atomic E-state index is 5.36. The summed E-state index contributed by atoms with van der Waals surface area (Å²) < 4.78 is 12.7. The minimum atomic E-state index is 0.601. The van der Waals surface area contributed by atoms with Gasteiger partial charge in [-0.1, -0.05) is 18.1 Å². The summed E-state index contributed by atoms with van der Waals surface area (Å²) >= 11 is 0. The maximum absolute atomic E-state index is 5.36. The predicted octanol–water partition coefficient (Wildman–Crippen LogP) is 3.03. The summed E-state index contributed by atoms with van der Waals surface area (Å²) in [5, 5.41) is 5.11. The molecule has 0 amide bonds. The van der Waals surface area contributed by atoms with Crippen LogP contribution in [-0.2, 0) is 13.0 Å². The summed E-state index contributed by atoms with van der Waals surface area (Å²) in [5.41, 5.74) is 1.10. The molecular weight excluding hydrogens is 254 g/mol. The molecule has 0 atom stereocenters. The van der Waals surface area contributed by atoms with E-state index in [1.807, 2.05) is 24.4 Å². The second-order valence-corrected chi connectivity index (χ2v) is 4.69. The van der Waals surface area contributed by atoms with E-state index in [-0.39, 0.29) is 0 Å². The fraction of sp³-hybridized carbons (Fsp3) is 0.333. The minimum absolute atomic E-state index is 0.601. The fourth-order valence-electron chi connectivity index (χ4n) is 2.33. The molecule has 2 aromatic heterocycles. The Bertz CT molecular complexity index is 715. The Kier molecular flexibility index (Phi) is 3.41. The zero-order chi connectivity index (χ0) is 13.9. The molecule has 0 fully saturated rings. The van der Waals surface area contributed by atoms with Crippen LogP contribution >= 0.6 is 0 Å². The summed E-state index contributed by atoms with van der Waals surface area (Å²) in [6.45, 7) is 2.69. The second-order valence-electron chi connectivity index (χ2n) is 4.69. The van der Waals surface area contributed by atoms with Crippen LogP contribution in [0.3, 0.4) is 0 Å². The van der Waals surface area contributed by atoms with Crippen molar-refractivity contribution < 1.29 is 9.26 Å². The lowest BCUT2D eigenvalue weighted by Crippen LogP contribution is -2.00. The fourth-order valence-corrected chi connectivity index (χ4v) is 2.33. The van der Waals surface area contributed by atoms with Crippen LogP contribution < -0.4 is 4.74 Å². The molecule has 2 heterocycles. The first-order chi connectivity index (χ1) is 9.81. The van der Waals surface area contributed by atoms with Crippen LogP contribution in [0.25, 0.3) is 10.9 Å². The van der Waals surface area contributed by atoms with Gasteiger partial charge in [-0.25, -0.2) is 0 Å². The van der Waals surface area contributed by atoms with Crippen molar-refractivity contribution in [2.45, 2.75) is 26.3 Å². The molecule has 0 saturated heterocycles. The molecule has 0 saturated carbocycles. The SMILES string of the molecule is CCCc1nc(Cn2ccc3c(OC)cccc32)no1. The number of ether oxygens (including phenoxy) is 1. The molecule has 3 aromatic rings. The molecule has 0 bridgehead atoms. The van der Waals surface area contributed by atoms with Gasteiger partial charge in [0, 0.05) is 18.0 Å². The number of nitrogens with zero attached hydrogens (tertiary/aromatic N) is 3. The molecular formula is C15H17N3O2. The highest BCUT2D eigenvalue weighted by atomic mass is 16.5. The molecule has 1 aromatic carbocycles. The molecule has 5 heteroatoms. The van der Waals surface area contributed by atoms with Gasteiger partial charge >= 0.3 is 0 Å². The summed E-state index contributed by atoms with van der Waals surface area (Å²) in [7, 11) is 1.68. The Morgan fingerprint density at radius 1 is 1.30 bits per heavy atom. The number of methoxy groups -OCH3 is 1. The van der Waals surface area contributed by atoms with Crippen LogP contribution in [0.15, 0.2) is 35.0 Å². The number of aromatic nitrogens is 3. The van der Waals surface area contributed by atoms with E-state index in [9.17, 15) is 0 Å². The van der Waals surface area contributed by atoms with Crippen molar-refractivity contribution in [3.63, 3.8) is 0 Å². The van der Waals surface area contributed by atoms with Crippen LogP contribution in [0.5, 0.6) is 5.75 Å². The van der Waals surface area contributed by atoms with Gasteiger partial charge in [-0.2, -0.15) is 4.98 Å². The molecule has 0 spiro atoms. The first-order valence-electron chi connectivity index (χ1n) is 6.75. The quantitative estimate of drug-likeness (QED) is 0.715. The number of hydrogen-bond donors (Lipinski definition) is 0. The molecule has 0 radical (unpaired) electrons. The number of aryl methyl sites for hydroxylation is 1. The summed E-state index contributed by atoms with van der Waals surface area (Å²) in [6, 6.07) is 8.04. The largest absolute Gasteiger partial charge is 0.496 e. The van der Waals surface area contributed by atoms with Gasteiger partial charge in [-0.15, -0.1) is 0 Å². The van der Waals surface area contributed by atoms with Crippen LogP contribution in [-0.4, -0.2) is 21.8 Å². The van der Waals surface area contributed by atoms with Crippen molar-refractivity contribution in [2.24, 2.45) is 0 Å². The monoisotopic (exact) mass is 271 g/mol. The van der Waals surface area contributed by atoms with Gasteiger partial charge in [0.1, 0.15) is 5.75 Å². The molecule has 0 aliphatic carbocycles. The van der Waals surface area contributed by atoms with Gasteiger partial charge in [-0.05, 0) is 24.6 Å². The third-order valence-corrected chi connectivity index (χ3v) is 3.28. The van der Waals surface area contributed by atoms with E-state index in [0.717, 1.165) is 29.5 Å². The standard InChI is InChI=1S/C15H17N3O2/c1-3-5-15-16-14(17-20-15)10-18-9-8-11-12(18)6-4-7-13(11)19-2/h4,6-9H,3,5,10H2,1-2H3. The van der Waals surface area contributed by atoms with Crippen molar-refractivity contribution in [3.8, 4) is 5.75 Å². The molecule has 5 nitrogen and oxygen atoms in total. The van der Waals surface area contributed by atoms with E-state index in [1.54, 1.807) is 7.11 Å². The number of hydrogen-bond acceptors (Lipinski definition) is 4. The Morgan fingerprint density at radius 2 is 2.20 bits per heavy atom. The number of benzene rings is 1. The molecule has 3 rings (SSSR count). The summed E-state index contributed by atoms with van der Waals surface area (Å²) in [5.74, 6) is 2.28. The lowest BCUT2D eigenvalue weighted by Gasteiger charge is -2.04. The first-order valence-corrected chi connectivity index (χ1v) is 6.75. The first kappa shape index (κ1) is 12.7. The molecule has 0 unspecified atom stereocenters. The van der Waals surface area contributed by atoms with E-state index in [1.165, 1.54) is 0 Å². The Morgan fingerprint density at radius 3 is 3.00 bits per heavy atom. The average molecular weight is 271 g/mol. The minimum Gasteiger partial charge on any atom is -0.496 e. The van der Waals surface area contributed by atoms with Gasteiger partial charge < -0.3 is 13.8 Å². The molecule has 0 N–H and O–H groups in total. The van der Waals surface area contributed by atoms with E-state index in [2.05, 4.69) is 27.7 Å². The highest BCUT2D eigenvalue weighted by molar-refractivity contribution is 5.86. The lowest BCUT2D eigenvalue weighted by molar-refractivity contribution is 0.371. The normalized spacial score (nSPS) is 11.1. The second kappa shape index (κ2) is 5.36. The predicted molar refractivity (Wildman–Crippen MR) is 75.9 cm³/mol. The Balaban J connectivity index is 1.90. The molecule has 104 valence electrons. The Hall–Kier alpha value is -2.30. The van der Waals surface area contributed by atoms with Gasteiger partial charge in [0.2, 0.25) is 5.89 Å². The van der Waals surface area contributed by atoms with E-state index in [4.69, 9.17) is 9.26 Å². The smallest absolute Gasteiger partial charge is 0.226 e. The third-order valence-electron chi connectivity index (χ3n) is 3.28. The Labute approximate surface area is 117 Å². The molecule has 0 aliphatic rings. The van der Waals surface area contributed by atoms with Crippen LogP contribution in [0.4, 0.5) is 0 Å². The van der Waals surface area contributed by atoms with Gasteiger partial charge in [0.25, 0.3) is 0 Å². The van der Waals surface area contributed by atoms with Crippen LogP contribution in [0.1, 0.15) is 25.1 Å². The van der Waals surface area contributed by atoms with Crippen molar-refractivity contribution in [1.82, 2.24) is 14.7 Å². The zero-order valence-corrected chi connectivity index (χ0v) is 11.7. The van der Waals surface area contributed by atoms with E-state index < -0.39 is 0 Å². The van der Waals surface area contributed by atoms with Gasteiger partial charge in [0.15, 0.2) is 5.82 Å². The van der Waals surface area contributed by atoms with E-state index >= 15 is 0 Å². The molecule has 0 aliphatic heterocycles. The highest BCUT2D eigenvalue weighted by Gasteiger charge is 2.09. The van der Waals surface area contributed by atoms with Gasteiger partial charge in [0.05, 0.1) is 19.2 Å². The lowest BCUT2D eigenvalue weighted by atomic mass is 10.2. The summed E-state index contributed by atoms with van der Waals surface area (Å²) in [6.07, 6.45) is 3.85. The topological polar surface area (TPSA) is 53.1 Å². The van der Waals surface area contributed by atoms with Crippen LogP contribution in [0.2, 0.25) is 0 Å². The maximum Gasteiger partial charge on any atom is 0.226 e. The third kappa shape index (κ3) is 2.27. The van der Waals surface area contributed by atoms with Crippen LogP contribution in [0, 0.1) is 0 Å². The van der Waals surface area contributed by atoms with Crippen molar-refractivity contribution in [3.05, 3.63) is 42.2 Å². The number of rotatable bonds is 5.